The van der Waals surface area contributed by atoms with Crippen LogP contribution in [0.1, 0.15) is 19.3 Å². The molecule has 0 spiro atoms. The second kappa shape index (κ2) is 5.88. The largest absolute Gasteiger partial charge is 0.495 e. The molecule has 6 nitrogen and oxygen atoms in total. The summed E-state index contributed by atoms with van der Waals surface area (Å²) in [6.45, 7) is 0.433. The van der Waals surface area contributed by atoms with Crippen molar-refractivity contribution in [2.75, 3.05) is 26.5 Å². The molecule has 0 radical (unpaired) electrons. The summed E-state index contributed by atoms with van der Waals surface area (Å²) < 4.78 is 37.3. The predicted octanol–water partition coefficient (Wildman–Crippen LogP) is 1.36. The van der Waals surface area contributed by atoms with Gasteiger partial charge in [-0.2, -0.15) is 0 Å². The Labute approximate surface area is 119 Å². The molecule has 3 N–H and O–H groups in total. The molecule has 7 heteroatoms. The van der Waals surface area contributed by atoms with Crippen LogP contribution in [-0.2, 0) is 10.0 Å². The summed E-state index contributed by atoms with van der Waals surface area (Å²) in [6.07, 6.45) is 3.26. The number of anilines is 1. The van der Waals surface area contributed by atoms with Gasteiger partial charge in [0.1, 0.15) is 16.4 Å². The van der Waals surface area contributed by atoms with Crippen molar-refractivity contribution in [3.8, 4) is 11.5 Å². The van der Waals surface area contributed by atoms with Gasteiger partial charge >= 0.3 is 0 Å². The number of nitrogens with one attached hydrogen (secondary N) is 1. The summed E-state index contributed by atoms with van der Waals surface area (Å²) in [6, 6.07) is 2.84. The van der Waals surface area contributed by atoms with Gasteiger partial charge in [0.2, 0.25) is 10.0 Å². The zero-order valence-corrected chi connectivity index (χ0v) is 12.5. The molecule has 112 valence electrons. The van der Waals surface area contributed by atoms with Crippen molar-refractivity contribution in [1.82, 2.24) is 4.72 Å². The standard InChI is InChI=1S/C13H20N2O4S/c1-18-11-8-12(19-2)13(7-10(11)14)20(16,17)15-6-5-9-3-4-9/h7-9,15H,3-6,14H2,1-2H3. The van der Waals surface area contributed by atoms with E-state index in [2.05, 4.69) is 4.72 Å². The Bertz CT molecular complexity index is 582. The van der Waals surface area contributed by atoms with Crippen molar-refractivity contribution in [3.63, 3.8) is 0 Å². The van der Waals surface area contributed by atoms with Crippen molar-refractivity contribution >= 4 is 15.7 Å². The molecule has 1 aromatic carbocycles. The molecule has 20 heavy (non-hydrogen) atoms. The third-order valence-corrected chi connectivity index (χ3v) is 4.83. The number of ether oxygens (including phenoxy) is 2. The summed E-state index contributed by atoms with van der Waals surface area (Å²) in [5.74, 6) is 1.27. The number of nitrogens with two attached hydrogens (primary N) is 1. The van der Waals surface area contributed by atoms with E-state index in [9.17, 15) is 8.42 Å². The van der Waals surface area contributed by atoms with Crippen molar-refractivity contribution in [2.45, 2.75) is 24.2 Å². The molecular formula is C13H20N2O4S. The van der Waals surface area contributed by atoms with Gasteiger partial charge in [0.05, 0.1) is 19.9 Å². The molecule has 0 heterocycles. The lowest BCUT2D eigenvalue weighted by Gasteiger charge is -2.13. The monoisotopic (exact) mass is 300 g/mol. The highest BCUT2D eigenvalue weighted by molar-refractivity contribution is 7.89. The highest BCUT2D eigenvalue weighted by atomic mass is 32.2. The van der Waals surface area contributed by atoms with Gasteiger partial charge in [0, 0.05) is 12.6 Å². The zero-order valence-electron chi connectivity index (χ0n) is 11.7. The fourth-order valence-electron chi connectivity index (χ4n) is 1.99. The Morgan fingerprint density at radius 2 is 1.90 bits per heavy atom. The van der Waals surface area contributed by atoms with Gasteiger partial charge in [-0.3, -0.25) is 0 Å². The molecule has 1 aliphatic carbocycles. The fourth-order valence-corrected chi connectivity index (χ4v) is 3.22. The van der Waals surface area contributed by atoms with Gasteiger partial charge in [-0.05, 0) is 18.4 Å². The van der Waals surface area contributed by atoms with Crippen LogP contribution in [0.5, 0.6) is 11.5 Å². The third-order valence-electron chi connectivity index (χ3n) is 3.35. The highest BCUT2D eigenvalue weighted by Gasteiger charge is 2.24. The first-order valence-electron chi connectivity index (χ1n) is 6.49. The Kier molecular flexibility index (Phi) is 4.39. The first kappa shape index (κ1) is 14.9. The number of rotatable bonds is 7. The van der Waals surface area contributed by atoms with Crippen molar-refractivity contribution in [1.29, 1.82) is 0 Å². The Hall–Kier alpha value is -1.47. The van der Waals surface area contributed by atoms with Crippen LogP contribution in [0.25, 0.3) is 0 Å². The van der Waals surface area contributed by atoms with E-state index in [-0.39, 0.29) is 16.3 Å². The molecule has 0 aliphatic heterocycles. The van der Waals surface area contributed by atoms with E-state index in [4.69, 9.17) is 15.2 Å². The molecule has 2 rings (SSSR count). The molecule has 1 aliphatic rings. The van der Waals surface area contributed by atoms with E-state index >= 15 is 0 Å². The minimum absolute atomic E-state index is 0.0362. The lowest BCUT2D eigenvalue weighted by Crippen LogP contribution is -2.25. The van der Waals surface area contributed by atoms with Crippen LogP contribution in [-0.4, -0.2) is 29.2 Å². The first-order valence-corrected chi connectivity index (χ1v) is 7.97. The molecule has 0 aromatic heterocycles. The number of methoxy groups -OCH3 is 2. The maximum absolute atomic E-state index is 12.3. The van der Waals surface area contributed by atoms with Crippen LogP contribution in [0.2, 0.25) is 0 Å². The van der Waals surface area contributed by atoms with Gasteiger partial charge < -0.3 is 15.2 Å². The minimum atomic E-state index is -3.63. The quantitative estimate of drug-likeness (QED) is 0.742. The second-order valence-electron chi connectivity index (χ2n) is 4.87. The van der Waals surface area contributed by atoms with E-state index in [1.165, 1.54) is 39.2 Å². The third kappa shape index (κ3) is 3.34. The molecule has 1 fully saturated rings. The Balaban J connectivity index is 2.22. The molecular weight excluding hydrogens is 280 g/mol. The molecule has 0 bridgehead atoms. The van der Waals surface area contributed by atoms with Crippen LogP contribution < -0.4 is 19.9 Å². The SMILES string of the molecule is COc1cc(OC)c(S(=O)(=O)NCCC2CC2)cc1N. The number of nitrogen functional groups attached to an aromatic ring is 1. The second-order valence-corrected chi connectivity index (χ2v) is 6.61. The summed E-state index contributed by atoms with van der Waals surface area (Å²) in [4.78, 5) is 0.0362. The number of hydrogen-bond acceptors (Lipinski definition) is 5. The molecule has 1 saturated carbocycles. The smallest absolute Gasteiger partial charge is 0.244 e. The molecule has 0 saturated heterocycles. The number of sulfonamides is 1. The normalized spacial score (nSPS) is 15.1. The average molecular weight is 300 g/mol. The van der Waals surface area contributed by atoms with E-state index in [1.807, 2.05) is 0 Å². The predicted molar refractivity (Wildman–Crippen MR) is 76.5 cm³/mol. The maximum atomic E-state index is 12.3. The summed E-state index contributed by atoms with van der Waals surface area (Å²) in [7, 11) is -0.753. The number of benzene rings is 1. The van der Waals surface area contributed by atoms with Gasteiger partial charge in [-0.15, -0.1) is 0 Å². The zero-order chi connectivity index (χ0) is 14.8. The minimum Gasteiger partial charge on any atom is -0.495 e. The first-order chi connectivity index (χ1) is 9.47. The molecule has 1 aromatic rings. The summed E-state index contributed by atoms with van der Waals surface area (Å²) in [5.41, 5.74) is 6.03. The van der Waals surface area contributed by atoms with Gasteiger partial charge in [0.25, 0.3) is 0 Å². The maximum Gasteiger partial charge on any atom is 0.244 e. The van der Waals surface area contributed by atoms with Crippen LogP contribution >= 0.6 is 0 Å². The van der Waals surface area contributed by atoms with E-state index in [0.717, 1.165) is 6.42 Å². The summed E-state index contributed by atoms with van der Waals surface area (Å²) in [5, 5.41) is 0. The van der Waals surface area contributed by atoms with Gasteiger partial charge in [-0.25, -0.2) is 13.1 Å². The van der Waals surface area contributed by atoms with E-state index in [0.29, 0.717) is 18.2 Å². The lowest BCUT2D eigenvalue weighted by molar-refractivity contribution is 0.387. The average Bonchev–Trinajstić information content (AvgIpc) is 3.22. The van der Waals surface area contributed by atoms with Crippen LogP contribution in [0.4, 0.5) is 5.69 Å². The Morgan fingerprint density at radius 3 is 2.45 bits per heavy atom. The number of hydrogen-bond donors (Lipinski definition) is 2. The van der Waals surface area contributed by atoms with Crippen LogP contribution in [0.3, 0.4) is 0 Å². The highest BCUT2D eigenvalue weighted by Crippen LogP contribution is 2.34. The van der Waals surface area contributed by atoms with Crippen LogP contribution in [0.15, 0.2) is 17.0 Å². The van der Waals surface area contributed by atoms with Crippen LogP contribution in [0, 0.1) is 5.92 Å². The topological polar surface area (TPSA) is 90.6 Å². The van der Waals surface area contributed by atoms with Crippen molar-refractivity contribution in [2.24, 2.45) is 5.92 Å². The Morgan fingerprint density at radius 1 is 1.25 bits per heavy atom. The van der Waals surface area contributed by atoms with Crippen molar-refractivity contribution in [3.05, 3.63) is 12.1 Å². The lowest BCUT2D eigenvalue weighted by atomic mass is 10.3. The fraction of sp³-hybridized carbons (Fsp3) is 0.538. The van der Waals surface area contributed by atoms with Gasteiger partial charge in [-0.1, -0.05) is 12.8 Å². The molecule has 0 unspecified atom stereocenters. The van der Waals surface area contributed by atoms with Gasteiger partial charge in [0.15, 0.2) is 0 Å². The molecule has 0 amide bonds. The van der Waals surface area contributed by atoms with E-state index < -0.39 is 10.0 Å². The van der Waals surface area contributed by atoms with E-state index in [1.54, 1.807) is 0 Å². The van der Waals surface area contributed by atoms with Crippen molar-refractivity contribution < 1.29 is 17.9 Å². The summed E-state index contributed by atoms with van der Waals surface area (Å²) >= 11 is 0. The molecule has 0 atom stereocenters.